The summed E-state index contributed by atoms with van der Waals surface area (Å²) in [5.41, 5.74) is 0.465. The lowest BCUT2D eigenvalue weighted by atomic mass is 10.1. The normalized spacial score (nSPS) is 26.9. The number of rotatable bonds is 5. The minimum Gasteiger partial charge on any atom is -0.481 e. The predicted molar refractivity (Wildman–Crippen MR) is 80.3 cm³/mol. The second kappa shape index (κ2) is 6.95. The molecule has 7 heteroatoms. The SMILES string of the molecule is O=C(N[C@H]1CC[C@@H](C(=O)O)C1)c1ccnc(OC2CCOC2)c1. The number of pyridine rings is 1. The van der Waals surface area contributed by atoms with Crippen LogP contribution in [0.2, 0.25) is 0 Å². The minimum atomic E-state index is -0.792. The van der Waals surface area contributed by atoms with Crippen molar-refractivity contribution in [2.24, 2.45) is 5.92 Å². The number of carboxylic acid groups (broad SMARTS) is 1. The number of aliphatic carboxylic acids is 1. The van der Waals surface area contributed by atoms with Crippen molar-refractivity contribution in [2.45, 2.75) is 37.8 Å². The lowest BCUT2D eigenvalue weighted by Crippen LogP contribution is -2.33. The molecular formula is C16H20N2O5. The van der Waals surface area contributed by atoms with E-state index in [1.807, 2.05) is 0 Å². The zero-order chi connectivity index (χ0) is 16.2. The van der Waals surface area contributed by atoms with E-state index in [0.29, 0.717) is 43.9 Å². The molecule has 1 aromatic heterocycles. The first-order valence-electron chi connectivity index (χ1n) is 7.86. The molecule has 23 heavy (non-hydrogen) atoms. The van der Waals surface area contributed by atoms with E-state index in [4.69, 9.17) is 14.6 Å². The van der Waals surface area contributed by atoms with E-state index in [1.165, 1.54) is 6.20 Å². The van der Waals surface area contributed by atoms with Crippen molar-refractivity contribution < 1.29 is 24.2 Å². The molecule has 1 aliphatic heterocycles. The number of aromatic nitrogens is 1. The first-order chi connectivity index (χ1) is 11.1. The number of ether oxygens (including phenoxy) is 2. The number of nitrogens with one attached hydrogen (secondary N) is 1. The van der Waals surface area contributed by atoms with Gasteiger partial charge in [-0.15, -0.1) is 0 Å². The summed E-state index contributed by atoms with van der Waals surface area (Å²) in [7, 11) is 0. The maximum Gasteiger partial charge on any atom is 0.306 e. The van der Waals surface area contributed by atoms with Gasteiger partial charge in [-0.25, -0.2) is 4.98 Å². The van der Waals surface area contributed by atoms with Gasteiger partial charge in [-0.3, -0.25) is 9.59 Å². The van der Waals surface area contributed by atoms with Gasteiger partial charge < -0.3 is 19.9 Å². The summed E-state index contributed by atoms with van der Waals surface area (Å²) >= 11 is 0. The Labute approximate surface area is 134 Å². The average Bonchev–Trinajstić information content (AvgIpc) is 3.19. The molecule has 3 atom stereocenters. The molecule has 1 aromatic rings. The third-order valence-corrected chi connectivity index (χ3v) is 4.29. The molecule has 3 rings (SSSR count). The van der Waals surface area contributed by atoms with Gasteiger partial charge in [-0.05, 0) is 25.3 Å². The molecule has 2 heterocycles. The molecule has 1 amide bonds. The summed E-state index contributed by atoms with van der Waals surface area (Å²) in [6, 6.07) is 3.14. The topological polar surface area (TPSA) is 97.8 Å². The monoisotopic (exact) mass is 320 g/mol. The van der Waals surface area contributed by atoms with Crippen LogP contribution >= 0.6 is 0 Å². The van der Waals surface area contributed by atoms with E-state index >= 15 is 0 Å². The first kappa shape index (κ1) is 15.7. The number of hydrogen-bond acceptors (Lipinski definition) is 5. The van der Waals surface area contributed by atoms with Gasteiger partial charge in [-0.1, -0.05) is 0 Å². The third kappa shape index (κ3) is 3.98. The van der Waals surface area contributed by atoms with Crippen molar-refractivity contribution in [3.8, 4) is 5.88 Å². The molecule has 1 aliphatic carbocycles. The van der Waals surface area contributed by atoms with E-state index in [0.717, 1.165) is 6.42 Å². The maximum absolute atomic E-state index is 12.3. The van der Waals surface area contributed by atoms with Crippen LogP contribution < -0.4 is 10.1 Å². The van der Waals surface area contributed by atoms with Gasteiger partial charge >= 0.3 is 5.97 Å². The van der Waals surface area contributed by atoms with E-state index in [-0.39, 0.29) is 24.0 Å². The molecular weight excluding hydrogens is 300 g/mol. The summed E-state index contributed by atoms with van der Waals surface area (Å²) in [6.07, 6.45) is 4.11. The lowest BCUT2D eigenvalue weighted by molar-refractivity contribution is -0.141. The van der Waals surface area contributed by atoms with E-state index in [2.05, 4.69) is 10.3 Å². The maximum atomic E-state index is 12.3. The highest BCUT2D eigenvalue weighted by Crippen LogP contribution is 2.26. The van der Waals surface area contributed by atoms with Gasteiger partial charge in [0, 0.05) is 30.3 Å². The van der Waals surface area contributed by atoms with Crippen LogP contribution in [-0.2, 0) is 9.53 Å². The van der Waals surface area contributed by atoms with E-state index in [9.17, 15) is 9.59 Å². The molecule has 1 unspecified atom stereocenters. The fourth-order valence-electron chi connectivity index (χ4n) is 3.00. The van der Waals surface area contributed by atoms with Crippen LogP contribution in [0.4, 0.5) is 0 Å². The van der Waals surface area contributed by atoms with Gasteiger partial charge in [0.25, 0.3) is 5.91 Å². The predicted octanol–water partition coefficient (Wildman–Crippen LogP) is 1.23. The van der Waals surface area contributed by atoms with Gasteiger partial charge in [0.1, 0.15) is 6.10 Å². The Morgan fingerprint density at radius 2 is 2.22 bits per heavy atom. The zero-order valence-corrected chi connectivity index (χ0v) is 12.7. The molecule has 2 fully saturated rings. The number of carbonyl (C=O) groups excluding carboxylic acids is 1. The Balaban J connectivity index is 1.58. The molecule has 0 bridgehead atoms. The molecule has 1 saturated heterocycles. The highest BCUT2D eigenvalue weighted by atomic mass is 16.5. The lowest BCUT2D eigenvalue weighted by Gasteiger charge is -2.14. The van der Waals surface area contributed by atoms with Crippen LogP contribution in [0.15, 0.2) is 18.3 Å². The Hall–Kier alpha value is -2.15. The molecule has 0 radical (unpaired) electrons. The van der Waals surface area contributed by atoms with Crippen LogP contribution in [0, 0.1) is 5.92 Å². The number of carbonyl (C=O) groups is 2. The third-order valence-electron chi connectivity index (χ3n) is 4.29. The number of carboxylic acids is 1. The highest BCUT2D eigenvalue weighted by molar-refractivity contribution is 5.94. The number of hydrogen-bond donors (Lipinski definition) is 2. The van der Waals surface area contributed by atoms with Crippen molar-refractivity contribution in [3.63, 3.8) is 0 Å². The van der Waals surface area contributed by atoms with Gasteiger partial charge in [0.15, 0.2) is 0 Å². The Kier molecular flexibility index (Phi) is 4.76. The van der Waals surface area contributed by atoms with Crippen molar-refractivity contribution in [2.75, 3.05) is 13.2 Å². The van der Waals surface area contributed by atoms with Gasteiger partial charge in [0.2, 0.25) is 5.88 Å². The Bertz CT molecular complexity index is 586. The largest absolute Gasteiger partial charge is 0.481 e. The molecule has 0 spiro atoms. The van der Waals surface area contributed by atoms with E-state index in [1.54, 1.807) is 12.1 Å². The smallest absolute Gasteiger partial charge is 0.306 e. The van der Waals surface area contributed by atoms with Crippen LogP contribution in [0.25, 0.3) is 0 Å². The van der Waals surface area contributed by atoms with Crippen LogP contribution in [0.3, 0.4) is 0 Å². The van der Waals surface area contributed by atoms with Crippen molar-refractivity contribution in [3.05, 3.63) is 23.9 Å². The molecule has 1 saturated carbocycles. The quantitative estimate of drug-likeness (QED) is 0.847. The highest BCUT2D eigenvalue weighted by Gasteiger charge is 2.30. The summed E-state index contributed by atoms with van der Waals surface area (Å²) in [4.78, 5) is 27.4. The summed E-state index contributed by atoms with van der Waals surface area (Å²) in [6.45, 7) is 1.22. The minimum absolute atomic E-state index is 0.0213. The van der Waals surface area contributed by atoms with Crippen LogP contribution in [-0.4, -0.2) is 47.3 Å². The molecule has 2 aliphatic rings. The zero-order valence-electron chi connectivity index (χ0n) is 12.7. The fraction of sp³-hybridized carbons (Fsp3) is 0.562. The van der Waals surface area contributed by atoms with Crippen molar-refractivity contribution in [1.29, 1.82) is 0 Å². The van der Waals surface area contributed by atoms with Crippen molar-refractivity contribution >= 4 is 11.9 Å². The summed E-state index contributed by atoms with van der Waals surface area (Å²) < 4.78 is 10.9. The molecule has 2 N–H and O–H groups in total. The number of nitrogens with zero attached hydrogens (tertiary/aromatic N) is 1. The fourth-order valence-corrected chi connectivity index (χ4v) is 3.00. The summed E-state index contributed by atoms with van der Waals surface area (Å²) in [5.74, 6) is -0.974. The Morgan fingerprint density at radius 1 is 1.35 bits per heavy atom. The van der Waals surface area contributed by atoms with Gasteiger partial charge in [0.05, 0.1) is 19.1 Å². The van der Waals surface area contributed by atoms with Crippen LogP contribution in [0.5, 0.6) is 5.88 Å². The first-order valence-corrected chi connectivity index (χ1v) is 7.86. The average molecular weight is 320 g/mol. The molecule has 124 valence electrons. The van der Waals surface area contributed by atoms with E-state index < -0.39 is 5.97 Å². The van der Waals surface area contributed by atoms with Gasteiger partial charge in [-0.2, -0.15) is 0 Å². The summed E-state index contributed by atoms with van der Waals surface area (Å²) in [5, 5.41) is 11.9. The van der Waals surface area contributed by atoms with Crippen molar-refractivity contribution in [1.82, 2.24) is 10.3 Å². The van der Waals surface area contributed by atoms with Crippen LogP contribution in [0.1, 0.15) is 36.0 Å². The Morgan fingerprint density at radius 3 is 2.91 bits per heavy atom. The standard InChI is InChI=1S/C16H20N2O5/c19-15(18-12-2-1-11(7-12)16(20)21)10-3-5-17-14(8-10)23-13-4-6-22-9-13/h3,5,8,11-13H,1-2,4,6-7,9H2,(H,18,19)(H,20,21)/t11-,12+,13?/m1/s1. The second-order valence-corrected chi connectivity index (χ2v) is 6.00. The second-order valence-electron chi connectivity index (χ2n) is 6.00. The molecule has 7 nitrogen and oxygen atoms in total. The number of amides is 1. The molecule has 0 aromatic carbocycles.